The van der Waals surface area contributed by atoms with Crippen LogP contribution < -0.4 is 10.6 Å². The van der Waals surface area contributed by atoms with Gasteiger partial charge < -0.3 is 10.6 Å². The fourth-order valence-electron chi connectivity index (χ4n) is 1.70. The van der Waals surface area contributed by atoms with Crippen molar-refractivity contribution in [3.63, 3.8) is 0 Å². The average Bonchev–Trinajstić information content (AvgIpc) is 2.54. The Morgan fingerprint density at radius 3 is 2.50 bits per heavy atom. The predicted octanol–water partition coefficient (Wildman–Crippen LogP) is 1.08. The zero-order valence-electron chi connectivity index (χ0n) is 12.0. The summed E-state index contributed by atoms with van der Waals surface area (Å²) in [6, 6.07) is 4.27. The Bertz CT molecular complexity index is 676. The molecule has 2 N–H and O–H groups in total. The third kappa shape index (κ3) is 4.08. The molecule has 0 fully saturated rings. The van der Waals surface area contributed by atoms with Gasteiger partial charge in [0.05, 0.1) is 6.20 Å². The molecule has 0 aliphatic rings. The molecule has 0 aliphatic carbocycles. The third-order valence-corrected chi connectivity index (χ3v) is 2.93. The lowest BCUT2D eigenvalue weighted by atomic mass is 10.1. The van der Waals surface area contributed by atoms with Crippen molar-refractivity contribution in [1.29, 1.82) is 0 Å². The third-order valence-electron chi connectivity index (χ3n) is 2.93. The number of carbonyl (C=O) groups is 2. The molecule has 0 bridgehead atoms. The van der Waals surface area contributed by atoms with E-state index in [4.69, 9.17) is 0 Å². The van der Waals surface area contributed by atoms with Crippen LogP contribution >= 0.6 is 0 Å². The smallest absolute Gasteiger partial charge is 0.271 e. The quantitative estimate of drug-likeness (QED) is 0.810. The van der Waals surface area contributed by atoms with E-state index >= 15 is 0 Å². The normalized spacial score (nSPS) is 10.1. The van der Waals surface area contributed by atoms with E-state index in [9.17, 15) is 14.0 Å². The molecule has 0 aliphatic heterocycles. The number of rotatable bonds is 5. The monoisotopic (exact) mass is 302 g/mol. The summed E-state index contributed by atoms with van der Waals surface area (Å²) in [4.78, 5) is 31.1. The minimum Gasteiger partial charge on any atom is -0.350 e. The highest BCUT2D eigenvalue weighted by Crippen LogP contribution is 2.08. The van der Waals surface area contributed by atoms with E-state index in [2.05, 4.69) is 20.6 Å². The van der Waals surface area contributed by atoms with Crippen LogP contribution in [-0.2, 0) is 0 Å². The number of nitrogens with zero attached hydrogens (tertiary/aromatic N) is 2. The van der Waals surface area contributed by atoms with Crippen LogP contribution in [0.25, 0.3) is 0 Å². The number of benzene rings is 1. The molecule has 114 valence electrons. The minimum absolute atomic E-state index is 0.203. The van der Waals surface area contributed by atoms with E-state index in [1.807, 2.05) is 0 Å². The Hall–Kier alpha value is -2.83. The van der Waals surface area contributed by atoms with Gasteiger partial charge in [0, 0.05) is 31.0 Å². The molecule has 0 radical (unpaired) electrons. The van der Waals surface area contributed by atoms with Gasteiger partial charge in [-0.1, -0.05) is 6.07 Å². The summed E-state index contributed by atoms with van der Waals surface area (Å²) >= 11 is 0. The first-order valence-electron chi connectivity index (χ1n) is 6.66. The largest absolute Gasteiger partial charge is 0.350 e. The van der Waals surface area contributed by atoms with Crippen molar-refractivity contribution < 1.29 is 14.0 Å². The van der Waals surface area contributed by atoms with Crippen molar-refractivity contribution in [2.75, 3.05) is 13.1 Å². The lowest BCUT2D eigenvalue weighted by molar-refractivity contribution is 0.0924. The molecule has 0 atom stereocenters. The molecular formula is C15H15FN4O2. The lowest BCUT2D eigenvalue weighted by Gasteiger charge is -2.07. The molecule has 1 aromatic heterocycles. The summed E-state index contributed by atoms with van der Waals surface area (Å²) in [6.45, 7) is 2.08. The van der Waals surface area contributed by atoms with E-state index in [1.54, 1.807) is 19.1 Å². The second-order valence-electron chi connectivity index (χ2n) is 4.57. The summed E-state index contributed by atoms with van der Waals surface area (Å²) in [5, 5.41) is 5.19. The molecule has 0 spiro atoms. The van der Waals surface area contributed by atoms with Crippen molar-refractivity contribution in [2.45, 2.75) is 6.92 Å². The van der Waals surface area contributed by atoms with Crippen molar-refractivity contribution >= 4 is 11.8 Å². The van der Waals surface area contributed by atoms with Crippen LogP contribution in [0.4, 0.5) is 4.39 Å². The van der Waals surface area contributed by atoms with Gasteiger partial charge in [-0.3, -0.25) is 14.6 Å². The van der Waals surface area contributed by atoms with Crippen LogP contribution in [0.5, 0.6) is 0 Å². The first-order valence-corrected chi connectivity index (χ1v) is 6.66. The van der Waals surface area contributed by atoms with Gasteiger partial charge in [-0.05, 0) is 24.6 Å². The molecule has 1 heterocycles. The van der Waals surface area contributed by atoms with Gasteiger partial charge in [0.2, 0.25) is 0 Å². The number of aromatic nitrogens is 2. The first-order chi connectivity index (χ1) is 10.6. The number of hydrogen-bond donors (Lipinski definition) is 2. The number of halogens is 1. The van der Waals surface area contributed by atoms with E-state index in [0.29, 0.717) is 5.56 Å². The summed E-state index contributed by atoms with van der Waals surface area (Å²) in [5.41, 5.74) is 0.922. The van der Waals surface area contributed by atoms with Gasteiger partial charge in [-0.2, -0.15) is 0 Å². The standard InChI is InChI=1S/C15H15FN4O2/c1-10-2-3-11(8-12(10)16)14(21)19-6-7-20-15(22)13-9-17-4-5-18-13/h2-5,8-9H,6-7H2,1H3,(H,19,21)(H,20,22). The second kappa shape index (κ2) is 7.26. The Balaban J connectivity index is 1.78. The average molecular weight is 302 g/mol. The highest BCUT2D eigenvalue weighted by Gasteiger charge is 2.09. The predicted molar refractivity (Wildman–Crippen MR) is 77.8 cm³/mol. The number of hydrogen-bond acceptors (Lipinski definition) is 4. The van der Waals surface area contributed by atoms with Crippen LogP contribution in [0.3, 0.4) is 0 Å². The maximum absolute atomic E-state index is 13.4. The zero-order chi connectivity index (χ0) is 15.9. The molecule has 0 unspecified atom stereocenters. The minimum atomic E-state index is -0.427. The summed E-state index contributed by atoms with van der Waals surface area (Å²) in [6.07, 6.45) is 4.24. The highest BCUT2D eigenvalue weighted by atomic mass is 19.1. The van der Waals surface area contributed by atoms with Gasteiger partial charge in [-0.15, -0.1) is 0 Å². The molecular weight excluding hydrogens is 287 g/mol. The van der Waals surface area contributed by atoms with Crippen molar-refractivity contribution in [1.82, 2.24) is 20.6 Å². The summed E-state index contributed by atoms with van der Waals surface area (Å²) in [7, 11) is 0. The molecule has 0 saturated carbocycles. The van der Waals surface area contributed by atoms with E-state index in [0.717, 1.165) is 0 Å². The van der Waals surface area contributed by atoms with Gasteiger partial charge in [0.1, 0.15) is 11.5 Å². The van der Waals surface area contributed by atoms with E-state index < -0.39 is 11.7 Å². The Labute approximate surface area is 126 Å². The Morgan fingerprint density at radius 1 is 1.14 bits per heavy atom. The molecule has 1 aromatic carbocycles. The fourth-order valence-corrected chi connectivity index (χ4v) is 1.70. The number of nitrogens with one attached hydrogen (secondary N) is 2. The topological polar surface area (TPSA) is 84.0 Å². The molecule has 7 heteroatoms. The second-order valence-corrected chi connectivity index (χ2v) is 4.57. The molecule has 2 rings (SSSR count). The van der Waals surface area contributed by atoms with Crippen molar-refractivity contribution in [3.05, 3.63) is 59.4 Å². The Morgan fingerprint density at radius 2 is 1.86 bits per heavy atom. The van der Waals surface area contributed by atoms with E-state index in [-0.39, 0.29) is 30.3 Å². The maximum Gasteiger partial charge on any atom is 0.271 e. The summed E-state index contributed by atoms with van der Waals surface area (Å²) < 4.78 is 13.4. The maximum atomic E-state index is 13.4. The van der Waals surface area contributed by atoms with Gasteiger partial charge in [-0.25, -0.2) is 9.37 Å². The number of amides is 2. The van der Waals surface area contributed by atoms with Crippen LogP contribution in [0.1, 0.15) is 26.4 Å². The van der Waals surface area contributed by atoms with Gasteiger partial charge in [0.15, 0.2) is 0 Å². The molecule has 2 aromatic rings. The van der Waals surface area contributed by atoms with Crippen LogP contribution in [0, 0.1) is 12.7 Å². The zero-order valence-corrected chi connectivity index (χ0v) is 12.0. The first kappa shape index (κ1) is 15.6. The Kier molecular flexibility index (Phi) is 5.13. The molecule has 6 nitrogen and oxygen atoms in total. The lowest BCUT2D eigenvalue weighted by Crippen LogP contribution is -2.35. The van der Waals surface area contributed by atoms with Crippen molar-refractivity contribution in [2.24, 2.45) is 0 Å². The fraction of sp³-hybridized carbons (Fsp3) is 0.200. The van der Waals surface area contributed by atoms with Crippen LogP contribution in [0.2, 0.25) is 0 Å². The molecule has 2 amide bonds. The van der Waals surface area contributed by atoms with Gasteiger partial charge in [0.25, 0.3) is 11.8 Å². The summed E-state index contributed by atoms with van der Waals surface area (Å²) in [5.74, 6) is -1.19. The number of aryl methyl sites for hydroxylation is 1. The van der Waals surface area contributed by atoms with Crippen molar-refractivity contribution in [3.8, 4) is 0 Å². The highest BCUT2D eigenvalue weighted by molar-refractivity contribution is 5.94. The van der Waals surface area contributed by atoms with E-state index in [1.165, 1.54) is 24.7 Å². The molecule has 0 saturated heterocycles. The SMILES string of the molecule is Cc1ccc(C(=O)NCCNC(=O)c2cnccn2)cc1F. The van der Waals surface area contributed by atoms with Crippen LogP contribution in [0.15, 0.2) is 36.8 Å². The number of carbonyl (C=O) groups excluding carboxylic acids is 2. The van der Waals surface area contributed by atoms with Gasteiger partial charge >= 0.3 is 0 Å². The van der Waals surface area contributed by atoms with Crippen LogP contribution in [-0.4, -0.2) is 34.9 Å². The molecule has 22 heavy (non-hydrogen) atoms.